The maximum Gasteiger partial charge on any atom is 0.0964 e. The molecule has 5 heteroatoms. The van der Waals surface area contributed by atoms with Crippen LogP contribution in [-0.4, -0.2) is 45.6 Å². The topological polar surface area (TPSA) is 46.0 Å². The molecule has 5 nitrogen and oxygen atoms in total. The minimum atomic E-state index is 0.481. The Bertz CT molecular complexity index is 407. The van der Waals surface area contributed by atoms with Crippen LogP contribution in [0.3, 0.4) is 0 Å². The van der Waals surface area contributed by atoms with Crippen LogP contribution in [0.25, 0.3) is 0 Å². The molecule has 1 aliphatic rings. The van der Waals surface area contributed by atoms with E-state index in [0.29, 0.717) is 6.04 Å². The van der Waals surface area contributed by atoms with Gasteiger partial charge in [-0.05, 0) is 38.6 Å². The second-order valence-electron chi connectivity index (χ2n) is 6.90. The molecule has 1 aromatic rings. The lowest BCUT2D eigenvalue weighted by Gasteiger charge is -2.33. The molecule has 1 heterocycles. The van der Waals surface area contributed by atoms with E-state index in [2.05, 4.69) is 54.5 Å². The maximum absolute atomic E-state index is 4.22. The third-order valence-electron chi connectivity index (χ3n) is 4.57. The smallest absolute Gasteiger partial charge is 0.0964 e. The Morgan fingerprint density at radius 3 is 2.71 bits per heavy atom. The zero-order chi connectivity index (χ0) is 15.2. The van der Waals surface area contributed by atoms with Gasteiger partial charge >= 0.3 is 0 Å². The van der Waals surface area contributed by atoms with Crippen molar-refractivity contribution in [3.8, 4) is 0 Å². The summed E-state index contributed by atoms with van der Waals surface area (Å²) in [6.45, 7) is 9.44. The van der Waals surface area contributed by atoms with Gasteiger partial charge in [0, 0.05) is 31.4 Å². The molecule has 0 aliphatic heterocycles. The number of hydrogen-bond acceptors (Lipinski definition) is 4. The van der Waals surface area contributed by atoms with Crippen LogP contribution in [0, 0.1) is 5.92 Å². The molecule has 1 aliphatic carbocycles. The SMILES string of the molecule is CC1CCC(N(C)CCn2cc(CNC(C)C)nn2)CC1. The minimum absolute atomic E-state index is 0.481. The van der Waals surface area contributed by atoms with Crippen molar-refractivity contribution >= 4 is 0 Å². The highest BCUT2D eigenvalue weighted by molar-refractivity contribution is 4.92. The van der Waals surface area contributed by atoms with Gasteiger partial charge in [-0.25, -0.2) is 0 Å². The standard InChI is InChI=1S/C16H31N5/c1-13(2)17-11-15-12-21(19-18-15)10-9-20(4)16-7-5-14(3)6-8-16/h12-14,16-17H,5-11H2,1-4H3. The molecule has 120 valence electrons. The summed E-state index contributed by atoms with van der Waals surface area (Å²) in [5, 5.41) is 11.8. The highest BCUT2D eigenvalue weighted by atomic mass is 15.4. The fraction of sp³-hybridized carbons (Fsp3) is 0.875. The molecule has 0 bridgehead atoms. The van der Waals surface area contributed by atoms with E-state index in [1.165, 1.54) is 25.7 Å². The summed E-state index contributed by atoms with van der Waals surface area (Å²) in [5.41, 5.74) is 1.03. The van der Waals surface area contributed by atoms with Crippen molar-refractivity contribution in [3.63, 3.8) is 0 Å². The first-order valence-electron chi connectivity index (χ1n) is 8.37. The molecule has 0 atom stereocenters. The first-order valence-corrected chi connectivity index (χ1v) is 8.37. The predicted octanol–water partition coefficient (Wildman–Crippen LogP) is 2.29. The molecule has 0 spiro atoms. The molecule has 21 heavy (non-hydrogen) atoms. The van der Waals surface area contributed by atoms with Crippen molar-refractivity contribution in [1.82, 2.24) is 25.2 Å². The van der Waals surface area contributed by atoms with E-state index in [0.717, 1.165) is 37.3 Å². The van der Waals surface area contributed by atoms with E-state index in [1.54, 1.807) is 0 Å². The largest absolute Gasteiger partial charge is 0.309 e. The third kappa shape index (κ3) is 5.40. The summed E-state index contributed by atoms with van der Waals surface area (Å²) in [6.07, 6.45) is 7.51. The summed E-state index contributed by atoms with van der Waals surface area (Å²) in [5.74, 6) is 0.918. The first-order chi connectivity index (χ1) is 10.0. The van der Waals surface area contributed by atoms with E-state index in [1.807, 2.05) is 4.68 Å². The summed E-state index contributed by atoms with van der Waals surface area (Å²) in [4.78, 5) is 2.50. The van der Waals surface area contributed by atoms with Gasteiger partial charge in [-0.2, -0.15) is 0 Å². The second-order valence-corrected chi connectivity index (χ2v) is 6.90. The highest BCUT2D eigenvalue weighted by Gasteiger charge is 2.21. The monoisotopic (exact) mass is 293 g/mol. The van der Waals surface area contributed by atoms with E-state index in [9.17, 15) is 0 Å². The van der Waals surface area contributed by atoms with E-state index in [4.69, 9.17) is 0 Å². The van der Waals surface area contributed by atoms with Gasteiger partial charge in [0.15, 0.2) is 0 Å². The average molecular weight is 293 g/mol. The third-order valence-corrected chi connectivity index (χ3v) is 4.57. The van der Waals surface area contributed by atoms with Gasteiger partial charge in [-0.3, -0.25) is 4.68 Å². The summed E-state index contributed by atoms with van der Waals surface area (Å²) in [7, 11) is 2.25. The Labute approximate surface area is 129 Å². The first kappa shape index (κ1) is 16.4. The molecule has 1 fully saturated rings. The number of aromatic nitrogens is 3. The van der Waals surface area contributed by atoms with E-state index < -0.39 is 0 Å². The molecular formula is C16H31N5. The highest BCUT2D eigenvalue weighted by Crippen LogP contribution is 2.26. The molecule has 1 N–H and O–H groups in total. The number of likely N-dealkylation sites (N-methyl/N-ethyl adjacent to an activating group) is 1. The molecule has 0 saturated heterocycles. The van der Waals surface area contributed by atoms with Crippen LogP contribution >= 0.6 is 0 Å². The fourth-order valence-corrected chi connectivity index (χ4v) is 2.96. The van der Waals surface area contributed by atoms with Gasteiger partial charge in [0.1, 0.15) is 0 Å². The van der Waals surface area contributed by atoms with Crippen LogP contribution in [0.4, 0.5) is 0 Å². The molecule has 0 amide bonds. The maximum atomic E-state index is 4.22. The van der Waals surface area contributed by atoms with Crippen LogP contribution in [0.2, 0.25) is 0 Å². The molecular weight excluding hydrogens is 262 g/mol. The van der Waals surface area contributed by atoms with Gasteiger partial charge < -0.3 is 10.2 Å². The van der Waals surface area contributed by atoms with Crippen molar-refractivity contribution in [2.24, 2.45) is 5.92 Å². The van der Waals surface area contributed by atoms with Crippen LogP contribution in [0.15, 0.2) is 6.20 Å². The minimum Gasteiger partial charge on any atom is -0.309 e. The Hall–Kier alpha value is -0.940. The van der Waals surface area contributed by atoms with Crippen molar-refractivity contribution in [2.75, 3.05) is 13.6 Å². The summed E-state index contributed by atoms with van der Waals surface area (Å²) >= 11 is 0. The van der Waals surface area contributed by atoms with Crippen LogP contribution in [0.1, 0.15) is 52.1 Å². The fourth-order valence-electron chi connectivity index (χ4n) is 2.96. The zero-order valence-electron chi connectivity index (χ0n) is 14.0. The van der Waals surface area contributed by atoms with E-state index >= 15 is 0 Å². The van der Waals surface area contributed by atoms with Crippen molar-refractivity contribution < 1.29 is 0 Å². The number of nitrogens with zero attached hydrogens (tertiary/aromatic N) is 4. The van der Waals surface area contributed by atoms with Crippen LogP contribution < -0.4 is 5.32 Å². The summed E-state index contributed by atoms with van der Waals surface area (Å²) < 4.78 is 1.97. The lowest BCUT2D eigenvalue weighted by molar-refractivity contribution is 0.163. The Kier molecular flexibility index (Phi) is 6.18. The molecule has 2 rings (SSSR count). The van der Waals surface area contributed by atoms with Gasteiger partial charge in [-0.1, -0.05) is 26.0 Å². The summed E-state index contributed by atoms with van der Waals surface area (Å²) in [6, 6.07) is 1.24. The van der Waals surface area contributed by atoms with Gasteiger partial charge in [-0.15, -0.1) is 5.10 Å². The molecule has 0 unspecified atom stereocenters. The Morgan fingerprint density at radius 2 is 2.05 bits per heavy atom. The van der Waals surface area contributed by atoms with Crippen molar-refractivity contribution in [1.29, 1.82) is 0 Å². The van der Waals surface area contributed by atoms with Crippen molar-refractivity contribution in [3.05, 3.63) is 11.9 Å². The van der Waals surface area contributed by atoms with Gasteiger partial charge in [0.05, 0.1) is 12.2 Å². The lowest BCUT2D eigenvalue weighted by atomic mass is 9.87. The van der Waals surface area contributed by atoms with Crippen molar-refractivity contribution in [2.45, 2.75) is 71.6 Å². The molecule has 0 aromatic carbocycles. The number of nitrogens with one attached hydrogen (secondary N) is 1. The number of rotatable bonds is 7. The quantitative estimate of drug-likeness (QED) is 0.838. The van der Waals surface area contributed by atoms with Gasteiger partial charge in [0.2, 0.25) is 0 Å². The van der Waals surface area contributed by atoms with Gasteiger partial charge in [0.25, 0.3) is 0 Å². The molecule has 0 radical (unpaired) electrons. The Morgan fingerprint density at radius 1 is 1.33 bits per heavy atom. The second kappa shape index (κ2) is 7.90. The zero-order valence-corrected chi connectivity index (χ0v) is 14.0. The Balaban J connectivity index is 1.72. The average Bonchev–Trinajstić information content (AvgIpc) is 2.91. The normalized spacial score (nSPS) is 23.1. The number of hydrogen-bond donors (Lipinski definition) is 1. The molecule has 1 aromatic heterocycles. The van der Waals surface area contributed by atoms with E-state index in [-0.39, 0.29) is 0 Å². The predicted molar refractivity (Wildman–Crippen MR) is 86.0 cm³/mol. The lowest BCUT2D eigenvalue weighted by Crippen LogP contribution is -2.36. The van der Waals surface area contributed by atoms with Crippen LogP contribution in [-0.2, 0) is 13.1 Å². The molecule has 1 saturated carbocycles. The van der Waals surface area contributed by atoms with Crippen LogP contribution in [0.5, 0.6) is 0 Å².